The Labute approximate surface area is 139 Å². The van der Waals surface area contributed by atoms with E-state index < -0.39 is 10.0 Å². The van der Waals surface area contributed by atoms with Gasteiger partial charge in [0.1, 0.15) is 4.90 Å². The fraction of sp³-hybridized carbons (Fsp3) is 0.467. The zero-order valence-electron chi connectivity index (χ0n) is 12.4. The molecule has 1 unspecified atom stereocenters. The van der Waals surface area contributed by atoms with Gasteiger partial charge in [0, 0.05) is 26.5 Å². The lowest BCUT2D eigenvalue weighted by Crippen LogP contribution is -2.27. The highest BCUT2D eigenvalue weighted by atomic mass is 35.5. The zero-order chi connectivity index (χ0) is 15.7. The van der Waals surface area contributed by atoms with E-state index in [9.17, 15) is 8.42 Å². The second-order valence-corrected chi connectivity index (χ2v) is 9.07. The van der Waals surface area contributed by atoms with Crippen LogP contribution in [0.2, 0.25) is 5.02 Å². The summed E-state index contributed by atoms with van der Waals surface area (Å²) >= 11 is 7.51. The monoisotopic (exact) mass is 358 g/mol. The topological polar surface area (TPSA) is 58.2 Å². The Morgan fingerprint density at radius 3 is 3.00 bits per heavy atom. The van der Waals surface area contributed by atoms with Gasteiger partial charge in [-0.1, -0.05) is 11.6 Å². The van der Waals surface area contributed by atoms with E-state index in [1.807, 2.05) is 13.0 Å². The normalized spacial score (nSPS) is 19.1. The summed E-state index contributed by atoms with van der Waals surface area (Å²) in [4.78, 5) is 1.17. The fourth-order valence-corrected chi connectivity index (χ4v) is 5.93. The minimum absolute atomic E-state index is 0.375. The Morgan fingerprint density at radius 1 is 1.45 bits per heavy atom. The van der Waals surface area contributed by atoms with Crippen LogP contribution in [0, 0.1) is 12.8 Å². The molecule has 1 aromatic heterocycles. The molecule has 0 radical (unpaired) electrons. The van der Waals surface area contributed by atoms with Crippen LogP contribution >= 0.6 is 22.9 Å². The van der Waals surface area contributed by atoms with Gasteiger partial charge in [-0.25, -0.2) is 13.1 Å². The maximum absolute atomic E-state index is 12.7. The van der Waals surface area contributed by atoms with Crippen molar-refractivity contribution < 1.29 is 8.42 Å². The van der Waals surface area contributed by atoms with E-state index >= 15 is 0 Å². The smallest absolute Gasteiger partial charge is 0.242 e. The highest BCUT2D eigenvalue weighted by Gasteiger charge is 2.23. The zero-order valence-corrected chi connectivity index (χ0v) is 14.7. The number of fused-ring (bicyclic) bond motifs is 1. The molecule has 1 atom stereocenters. The fourth-order valence-electron chi connectivity index (χ4n) is 2.93. The van der Waals surface area contributed by atoms with Crippen LogP contribution in [0.15, 0.2) is 23.1 Å². The lowest BCUT2D eigenvalue weighted by atomic mass is 10.1. The molecule has 0 amide bonds. The number of hydrogen-bond acceptors (Lipinski definition) is 4. The van der Waals surface area contributed by atoms with Gasteiger partial charge >= 0.3 is 0 Å². The largest absolute Gasteiger partial charge is 0.316 e. The van der Waals surface area contributed by atoms with Crippen LogP contribution < -0.4 is 10.0 Å². The standard InChI is InChI=1S/C15H19ClN2O2S2/c1-10-15(13-8-12(16)2-3-14(13)21-10)22(19,20)18-7-5-11-4-6-17-9-11/h2-3,8,11,17-18H,4-7,9H2,1H3. The average Bonchev–Trinajstić information content (AvgIpc) is 3.05. The van der Waals surface area contributed by atoms with Crippen molar-refractivity contribution in [1.82, 2.24) is 10.0 Å². The molecule has 7 heteroatoms. The summed E-state index contributed by atoms with van der Waals surface area (Å²) in [5, 5.41) is 4.56. The molecule has 1 saturated heterocycles. The highest BCUT2D eigenvalue weighted by Crippen LogP contribution is 2.35. The molecular formula is C15H19ClN2O2S2. The third-order valence-corrected chi connectivity index (χ3v) is 7.14. The van der Waals surface area contributed by atoms with Gasteiger partial charge in [0.15, 0.2) is 0 Å². The van der Waals surface area contributed by atoms with Gasteiger partial charge in [-0.3, -0.25) is 0 Å². The number of rotatable bonds is 5. The van der Waals surface area contributed by atoms with Crippen LogP contribution in [0.1, 0.15) is 17.7 Å². The number of benzene rings is 1. The maximum Gasteiger partial charge on any atom is 0.242 e. The predicted octanol–water partition coefficient (Wildman–Crippen LogP) is 3.14. The number of hydrogen-bond donors (Lipinski definition) is 2. The number of nitrogens with one attached hydrogen (secondary N) is 2. The first-order chi connectivity index (χ1) is 10.5. The summed E-state index contributed by atoms with van der Waals surface area (Å²) < 4.78 is 29.0. The minimum Gasteiger partial charge on any atom is -0.316 e. The average molecular weight is 359 g/mol. The predicted molar refractivity (Wildman–Crippen MR) is 92.4 cm³/mol. The maximum atomic E-state index is 12.7. The van der Waals surface area contributed by atoms with Gasteiger partial charge in [0.05, 0.1) is 0 Å². The Bertz CT molecular complexity index is 780. The molecule has 1 aliphatic heterocycles. The van der Waals surface area contributed by atoms with Crippen LogP contribution in [-0.2, 0) is 10.0 Å². The van der Waals surface area contributed by atoms with Crippen molar-refractivity contribution in [2.75, 3.05) is 19.6 Å². The SMILES string of the molecule is Cc1sc2ccc(Cl)cc2c1S(=O)(=O)NCCC1CCNC1. The van der Waals surface area contributed by atoms with E-state index in [1.54, 1.807) is 12.1 Å². The summed E-state index contributed by atoms with van der Waals surface area (Å²) in [6.07, 6.45) is 1.99. The molecule has 2 N–H and O–H groups in total. The number of aryl methyl sites for hydroxylation is 1. The Morgan fingerprint density at radius 2 is 2.27 bits per heavy atom. The minimum atomic E-state index is -3.50. The molecule has 0 bridgehead atoms. The first-order valence-electron chi connectivity index (χ1n) is 7.36. The van der Waals surface area contributed by atoms with Crippen molar-refractivity contribution in [3.05, 3.63) is 28.1 Å². The molecule has 0 saturated carbocycles. The molecule has 22 heavy (non-hydrogen) atoms. The molecule has 4 nitrogen and oxygen atoms in total. The van der Waals surface area contributed by atoms with Crippen LogP contribution in [0.3, 0.4) is 0 Å². The molecule has 2 aromatic rings. The lowest BCUT2D eigenvalue weighted by Gasteiger charge is -2.10. The van der Waals surface area contributed by atoms with E-state index in [0.717, 1.165) is 35.5 Å². The summed E-state index contributed by atoms with van der Waals surface area (Å²) in [5.74, 6) is 0.567. The lowest BCUT2D eigenvalue weighted by molar-refractivity contribution is 0.519. The molecule has 120 valence electrons. The van der Waals surface area contributed by atoms with Crippen molar-refractivity contribution in [3.8, 4) is 0 Å². The van der Waals surface area contributed by atoms with Gasteiger partial charge in [-0.15, -0.1) is 11.3 Å². The van der Waals surface area contributed by atoms with Crippen molar-refractivity contribution in [2.45, 2.75) is 24.7 Å². The molecule has 1 fully saturated rings. The van der Waals surface area contributed by atoms with Gasteiger partial charge in [-0.2, -0.15) is 0 Å². The van der Waals surface area contributed by atoms with E-state index in [4.69, 9.17) is 11.6 Å². The molecule has 2 heterocycles. The number of thiophene rings is 1. The van der Waals surface area contributed by atoms with Crippen molar-refractivity contribution in [3.63, 3.8) is 0 Å². The van der Waals surface area contributed by atoms with Crippen molar-refractivity contribution in [1.29, 1.82) is 0 Å². The Hall–Kier alpha value is -0.660. The van der Waals surface area contributed by atoms with Crippen LogP contribution in [0.5, 0.6) is 0 Å². The summed E-state index contributed by atoms with van der Waals surface area (Å²) in [6.45, 7) is 4.34. The quantitative estimate of drug-likeness (QED) is 0.863. The van der Waals surface area contributed by atoms with Crippen LogP contribution in [0.25, 0.3) is 10.1 Å². The van der Waals surface area contributed by atoms with Crippen LogP contribution in [-0.4, -0.2) is 28.1 Å². The van der Waals surface area contributed by atoms with E-state index in [1.165, 1.54) is 11.3 Å². The first-order valence-corrected chi connectivity index (χ1v) is 10.0. The molecule has 3 rings (SSSR count). The second-order valence-electron chi connectivity index (χ2n) is 5.67. The summed E-state index contributed by atoms with van der Waals surface area (Å²) in [5.41, 5.74) is 0. The van der Waals surface area contributed by atoms with Crippen molar-refractivity contribution >= 4 is 43.0 Å². The van der Waals surface area contributed by atoms with Crippen molar-refractivity contribution in [2.24, 2.45) is 5.92 Å². The molecular weight excluding hydrogens is 340 g/mol. The summed E-state index contributed by atoms with van der Waals surface area (Å²) in [6, 6.07) is 5.39. The third-order valence-electron chi connectivity index (χ3n) is 4.04. The van der Waals surface area contributed by atoms with E-state index in [2.05, 4.69) is 10.0 Å². The third kappa shape index (κ3) is 3.31. The molecule has 0 spiro atoms. The van der Waals surface area contributed by atoms with Gasteiger partial charge in [0.2, 0.25) is 10.0 Å². The Balaban J connectivity index is 1.82. The first kappa shape index (κ1) is 16.2. The summed E-state index contributed by atoms with van der Waals surface area (Å²) in [7, 11) is -3.50. The van der Waals surface area contributed by atoms with Gasteiger partial charge < -0.3 is 5.32 Å². The highest BCUT2D eigenvalue weighted by molar-refractivity contribution is 7.90. The number of halogens is 1. The molecule has 1 aromatic carbocycles. The van der Waals surface area contributed by atoms with E-state index in [0.29, 0.717) is 27.8 Å². The van der Waals surface area contributed by atoms with Gasteiger partial charge in [0.25, 0.3) is 0 Å². The van der Waals surface area contributed by atoms with E-state index in [-0.39, 0.29) is 0 Å². The Kier molecular flexibility index (Phi) is 4.75. The van der Waals surface area contributed by atoms with Gasteiger partial charge in [-0.05, 0) is 57.0 Å². The number of sulfonamides is 1. The molecule has 1 aliphatic rings. The van der Waals surface area contributed by atoms with Crippen LogP contribution in [0.4, 0.5) is 0 Å². The second kappa shape index (κ2) is 6.45. The molecule has 0 aliphatic carbocycles.